The van der Waals surface area contributed by atoms with Crippen LogP contribution in [0, 0.1) is 0 Å². The maximum atomic E-state index is 6.43. The Hall–Kier alpha value is 0.0600. The van der Waals surface area contributed by atoms with Gasteiger partial charge in [0.25, 0.3) is 0 Å². The van der Waals surface area contributed by atoms with E-state index < -0.39 is 0 Å². The summed E-state index contributed by atoms with van der Waals surface area (Å²) in [6.07, 6.45) is 2.21. The number of rotatable bonds is 3. The van der Waals surface area contributed by atoms with Crippen LogP contribution in [0.25, 0.3) is 0 Å². The number of hydrogen-bond donors (Lipinski definition) is 1. The monoisotopic (exact) mass is 331 g/mol. The van der Waals surface area contributed by atoms with Crippen LogP contribution >= 0.6 is 27.3 Å². The molecule has 18 heavy (non-hydrogen) atoms. The summed E-state index contributed by atoms with van der Waals surface area (Å²) in [5.41, 5.74) is 6.43. The number of thiophene rings is 1. The Morgan fingerprint density at radius 1 is 1.44 bits per heavy atom. The van der Waals surface area contributed by atoms with Crippen molar-refractivity contribution in [3.63, 3.8) is 0 Å². The molecule has 0 amide bonds. The smallest absolute Gasteiger partial charge is 0.0701 e. The number of halogens is 1. The molecule has 2 unspecified atom stereocenters. The number of hydrogen-bond acceptors (Lipinski definition) is 4. The van der Waals surface area contributed by atoms with Crippen molar-refractivity contribution in [2.45, 2.75) is 24.9 Å². The van der Waals surface area contributed by atoms with Crippen molar-refractivity contribution in [1.82, 2.24) is 9.80 Å². The Bertz CT molecular complexity index is 382. The van der Waals surface area contributed by atoms with Crippen LogP contribution < -0.4 is 5.73 Å². The van der Waals surface area contributed by atoms with Crippen molar-refractivity contribution in [2.75, 3.05) is 33.7 Å². The van der Waals surface area contributed by atoms with E-state index in [0.717, 1.165) is 19.5 Å². The first-order valence-corrected chi connectivity index (χ1v) is 8.06. The van der Waals surface area contributed by atoms with E-state index in [1.54, 1.807) is 11.3 Å². The Labute approximate surface area is 122 Å². The van der Waals surface area contributed by atoms with Crippen LogP contribution in [0.2, 0.25) is 0 Å². The Balaban J connectivity index is 1.99. The van der Waals surface area contributed by atoms with Crippen LogP contribution in [0.5, 0.6) is 0 Å². The molecule has 1 aliphatic rings. The largest absolute Gasteiger partial charge is 0.326 e. The predicted molar refractivity (Wildman–Crippen MR) is 82.2 cm³/mol. The van der Waals surface area contributed by atoms with Crippen LogP contribution in [-0.2, 0) is 6.42 Å². The summed E-state index contributed by atoms with van der Waals surface area (Å²) in [4.78, 5) is 6.20. The van der Waals surface area contributed by atoms with E-state index in [0.29, 0.717) is 6.04 Å². The molecule has 5 heteroatoms. The van der Waals surface area contributed by atoms with E-state index in [1.807, 2.05) is 0 Å². The summed E-state index contributed by atoms with van der Waals surface area (Å²) in [5, 5.41) is 0. The normalized spacial score (nSPS) is 25.0. The molecule has 2 N–H and O–H groups in total. The second kappa shape index (κ2) is 6.48. The first-order valence-electron chi connectivity index (χ1n) is 6.45. The predicted octanol–water partition coefficient (Wildman–Crippen LogP) is 2.02. The van der Waals surface area contributed by atoms with E-state index in [4.69, 9.17) is 5.73 Å². The molecule has 0 aliphatic carbocycles. The van der Waals surface area contributed by atoms with Gasteiger partial charge in [-0.15, -0.1) is 11.3 Å². The zero-order chi connectivity index (χ0) is 13.1. The van der Waals surface area contributed by atoms with Crippen LogP contribution in [0.4, 0.5) is 0 Å². The molecule has 0 spiro atoms. The molecule has 1 aromatic rings. The van der Waals surface area contributed by atoms with Crippen LogP contribution in [-0.4, -0.2) is 55.6 Å². The Kier molecular flexibility index (Phi) is 5.21. The molecule has 0 saturated carbocycles. The summed E-state index contributed by atoms with van der Waals surface area (Å²) in [6.45, 7) is 3.40. The van der Waals surface area contributed by atoms with Gasteiger partial charge in [-0.3, -0.25) is 0 Å². The fourth-order valence-corrected chi connectivity index (χ4v) is 4.15. The molecule has 2 rings (SSSR count). The molecule has 2 atom stereocenters. The van der Waals surface area contributed by atoms with Gasteiger partial charge in [0.1, 0.15) is 0 Å². The number of nitrogens with zero attached hydrogens (tertiary/aromatic N) is 2. The van der Waals surface area contributed by atoms with Crippen molar-refractivity contribution in [3.05, 3.63) is 20.8 Å². The highest BCUT2D eigenvalue weighted by Crippen LogP contribution is 2.24. The number of likely N-dealkylation sites (N-methyl/N-ethyl adjacent to an activating group) is 2. The highest BCUT2D eigenvalue weighted by Gasteiger charge is 2.26. The van der Waals surface area contributed by atoms with Crippen LogP contribution in [0.3, 0.4) is 0 Å². The third-order valence-corrected chi connectivity index (χ3v) is 5.32. The zero-order valence-corrected chi connectivity index (χ0v) is 13.5. The van der Waals surface area contributed by atoms with Gasteiger partial charge in [0.15, 0.2) is 0 Å². The highest BCUT2D eigenvalue weighted by atomic mass is 79.9. The lowest BCUT2D eigenvalue weighted by atomic mass is 10.0. The SMILES string of the molecule is CN1CCCN(C)C(C(N)Cc2ccc(Br)s2)C1. The maximum absolute atomic E-state index is 6.43. The van der Waals surface area contributed by atoms with E-state index in [2.05, 4.69) is 52.0 Å². The van der Waals surface area contributed by atoms with Gasteiger partial charge < -0.3 is 15.5 Å². The second-order valence-electron chi connectivity index (χ2n) is 5.24. The molecule has 1 fully saturated rings. The van der Waals surface area contributed by atoms with E-state index >= 15 is 0 Å². The lowest BCUT2D eigenvalue weighted by Gasteiger charge is -2.32. The van der Waals surface area contributed by atoms with Crippen LogP contribution in [0.1, 0.15) is 11.3 Å². The summed E-state index contributed by atoms with van der Waals surface area (Å²) in [7, 11) is 4.40. The quantitative estimate of drug-likeness (QED) is 0.919. The average Bonchev–Trinajstić information content (AvgIpc) is 2.62. The zero-order valence-electron chi connectivity index (χ0n) is 11.1. The minimum Gasteiger partial charge on any atom is -0.326 e. The van der Waals surface area contributed by atoms with Gasteiger partial charge in [-0.2, -0.15) is 0 Å². The molecule has 1 aliphatic heterocycles. The fraction of sp³-hybridized carbons (Fsp3) is 0.692. The molecular weight excluding hydrogens is 310 g/mol. The van der Waals surface area contributed by atoms with Crippen molar-refractivity contribution in [3.8, 4) is 0 Å². The molecule has 0 bridgehead atoms. The first-order chi connectivity index (χ1) is 8.56. The maximum Gasteiger partial charge on any atom is 0.0701 e. The fourth-order valence-electron chi connectivity index (χ4n) is 2.60. The molecular formula is C13H22BrN3S. The minimum absolute atomic E-state index is 0.209. The van der Waals surface area contributed by atoms with E-state index in [1.165, 1.54) is 21.6 Å². The Morgan fingerprint density at radius 2 is 2.22 bits per heavy atom. The van der Waals surface area contributed by atoms with E-state index in [-0.39, 0.29) is 6.04 Å². The molecule has 1 saturated heterocycles. The Morgan fingerprint density at radius 3 is 2.89 bits per heavy atom. The molecule has 2 heterocycles. The molecule has 3 nitrogen and oxygen atoms in total. The van der Waals surface area contributed by atoms with E-state index in [9.17, 15) is 0 Å². The van der Waals surface area contributed by atoms with Gasteiger partial charge in [0, 0.05) is 23.5 Å². The average molecular weight is 332 g/mol. The lowest BCUT2D eigenvalue weighted by Crippen LogP contribution is -2.51. The summed E-state index contributed by atoms with van der Waals surface area (Å²) in [5.74, 6) is 0. The standard InChI is InChI=1S/C13H22BrN3S/c1-16-6-3-7-17(2)12(9-16)11(15)8-10-4-5-13(14)18-10/h4-5,11-12H,3,6-9,15H2,1-2H3. The van der Waals surface area contributed by atoms with Gasteiger partial charge in [-0.05, 0) is 68.1 Å². The third kappa shape index (κ3) is 3.78. The second-order valence-corrected chi connectivity index (χ2v) is 7.79. The van der Waals surface area contributed by atoms with Gasteiger partial charge >= 0.3 is 0 Å². The lowest BCUT2D eigenvalue weighted by molar-refractivity contribution is 0.195. The summed E-state index contributed by atoms with van der Waals surface area (Å²) < 4.78 is 1.19. The molecule has 1 aromatic heterocycles. The van der Waals surface area contributed by atoms with Crippen molar-refractivity contribution < 1.29 is 0 Å². The van der Waals surface area contributed by atoms with Crippen molar-refractivity contribution >= 4 is 27.3 Å². The third-order valence-electron chi connectivity index (χ3n) is 3.68. The summed E-state index contributed by atoms with van der Waals surface area (Å²) >= 11 is 5.30. The molecule has 0 aromatic carbocycles. The van der Waals surface area contributed by atoms with Crippen molar-refractivity contribution in [2.24, 2.45) is 5.73 Å². The van der Waals surface area contributed by atoms with Gasteiger partial charge in [0.05, 0.1) is 3.79 Å². The van der Waals surface area contributed by atoms with Gasteiger partial charge in [-0.1, -0.05) is 0 Å². The van der Waals surface area contributed by atoms with Crippen molar-refractivity contribution in [1.29, 1.82) is 0 Å². The molecule has 0 radical (unpaired) electrons. The minimum atomic E-state index is 0.209. The van der Waals surface area contributed by atoms with Crippen LogP contribution in [0.15, 0.2) is 15.9 Å². The topological polar surface area (TPSA) is 32.5 Å². The highest BCUT2D eigenvalue weighted by molar-refractivity contribution is 9.11. The number of nitrogens with two attached hydrogens (primary N) is 1. The molecule has 102 valence electrons. The van der Waals surface area contributed by atoms with Gasteiger partial charge in [-0.25, -0.2) is 0 Å². The summed E-state index contributed by atoms with van der Waals surface area (Å²) in [6, 6.07) is 4.95. The first kappa shape index (κ1) is 14.5. The van der Waals surface area contributed by atoms with Gasteiger partial charge in [0.2, 0.25) is 0 Å².